The standard InChI is InChI=1S/C19H23N5O/c1-2-14(11-20-5-1)13-24-15-3-4-18(24)16-12-21-19(22-17(16)10-15)23-6-8-25-9-7-23/h1-2,5,11-12,15,18H,3-4,6-10,13H2. The van der Waals surface area contributed by atoms with Gasteiger partial charge in [0.15, 0.2) is 0 Å². The largest absolute Gasteiger partial charge is 0.378 e. The fraction of sp³-hybridized carbons (Fsp3) is 0.526. The Morgan fingerprint density at radius 3 is 2.92 bits per heavy atom. The maximum absolute atomic E-state index is 5.44. The average Bonchev–Trinajstić information content (AvgIpc) is 2.95. The smallest absolute Gasteiger partial charge is 0.225 e. The van der Waals surface area contributed by atoms with E-state index in [9.17, 15) is 0 Å². The average molecular weight is 337 g/mol. The first-order chi connectivity index (χ1) is 12.4. The van der Waals surface area contributed by atoms with Gasteiger partial charge < -0.3 is 9.64 Å². The zero-order chi connectivity index (χ0) is 16.6. The molecule has 0 aromatic carbocycles. The van der Waals surface area contributed by atoms with E-state index >= 15 is 0 Å². The topological polar surface area (TPSA) is 54.4 Å². The number of hydrogen-bond donors (Lipinski definition) is 0. The van der Waals surface area contributed by atoms with Crippen LogP contribution in [-0.4, -0.2) is 52.2 Å². The Bertz CT molecular complexity index is 747. The summed E-state index contributed by atoms with van der Waals surface area (Å²) in [6.07, 6.45) is 9.38. The molecule has 2 bridgehead atoms. The highest BCUT2D eigenvalue weighted by Crippen LogP contribution is 2.43. The Labute approximate surface area is 147 Å². The molecule has 6 heteroatoms. The Balaban J connectivity index is 1.40. The van der Waals surface area contributed by atoms with E-state index in [2.05, 4.69) is 27.0 Å². The first-order valence-electron chi connectivity index (χ1n) is 9.21. The third kappa shape index (κ3) is 2.79. The van der Waals surface area contributed by atoms with Gasteiger partial charge in [0, 0.05) is 62.3 Å². The van der Waals surface area contributed by atoms with E-state index in [-0.39, 0.29) is 0 Å². The third-order valence-corrected chi connectivity index (χ3v) is 5.70. The summed E-state index contributed by atoms with van der Waals surface area (Å²) >= 11 is 0. The summed E-state index contributed by atoms with van der Waals surface area (Å²) in [6, 6.07) is 5.23. The number of anilines is 1. The second-order valence-corrected chi connectivity index (χ2v) is 7.16. The highest BCUT2D eigenvalue weighted by molar-refractivity contribution is 5.37. The molecule has 0 saturated carbocycles. The zero-order valence-electron chi connectivity index (χ0n) is 14.3. The van der Waals surface area contributed by atoms with Gasteiger partial charge in [-0.25, -0.2) is 9.97 Å². The lowest BCUT2D eigenvalue weighted by atomic mass is 9.98. The lowest BCUT2D eigenvalue weighted by Crippen LogP contribution is -2.40. The van der Waals surface area contributed by atoms with Gasteiger partial charge >= 0.3 is 0 Å². The predicted octanol–water partition coefficient (Wildman–Crippen LogP) is 1.97. The van der Waals surface area contributed by atoms with Crippen LogP contribution < -0.4 is 4.90 Å². The van der Waals surface area contributed by atoms with Crippen LogP contribution in [0.3, 0.4) is 0 Å². The number of hydrogen-bond acceptors (Lipinski definition) is 6. The second-order valence-electron chi connectivity index (χ2n) is 7.16. The van der Waals surface area contributed by atoms with Crippen molar-refractivity contribution < 1.29 is 4.74 Å². The Hall–Kier alpha value is -2.05. The molecule has 0 aliphatic carbocycles. The molecule has 5 heterocycles. The van der Waals surface area contributed by atoms with Gasteiger partial charge in [0.25, 0.3) is 0 Å². The summed E-state index contributed by atoms with van der Waals surface area (Å²) in [6.45, 7) is 4.28. The van der Waals surface area contributed by atoms with Crippen LogP contribution in [-0.2, 0) is 17.7 Å². The lowest BCUT2D eigenvalue weighted by Gasteiger charge is -2.36. The maximum Gasteiger partial charge on any atom is 0.225 e. The summed E-state index contributed by atoms with van der Waals surface area (Å²) in [5.41, 5.74) is 3.87. The molecule has 0 N–H and O–H groups in total. The summed E-state index contributed by atoms with van der Waals surface area (Å²) in [4.78, 5) is 18.8. The molecule has 0 spiro atoms. The SMILES string of the molecule is c1cncc(CN2C3CCC2c2cnc(N4CCOCC4)nc2C3)c1. The summed E-state index contributed by atoms with van der Waals surface area (Å²) in [7, 11) is 0. The van der Waals surface area contributed by atoms with Gasteiger partial charge in [0.05, 0.1) is 18.9 Å². The highest BCUT2D eigenvalue weighted by Gasteiger charge is 2.40. The van der Waals surface area contributed by atoms with E-state index in [1.165, 1.54) is 29.7 Å². The van der Waals surface area contributed by atoms with Crippen molar-refractivity contribution in [3.05, 3.63) is 47.5 Å². The molecule has 5 rings (SSSR count). The summed E-state index contributed by atoms with van der Waals surface area (Å²) in [5, 5.41) is 0. The van der Waals surface area contributed by atoms with Crippen molar-refractivity contribution in [2.24, 2.45) is 0 Å². The van der Waals surface area contributed by atoms with Crippen LogP contribution in [0.2, 0.25) is 0 Å². The minimum Gasteiger partial charge on any atom is -0.378 e. The molecule has 3 aliphatic heterocycles. The highest BCUT2D eigenvalue weighted by atomic mass is 16.5. The van der Waals surface area contributed by atoms with Crippen molar-refractivity contribution in [3.8, 4) is 0 Å². The van der Waals surface area contributed by atoms with E-state index < -0.39 is 0 Å². The molecular formula is C19H23N5O. The van der Waals surface area contributed by atoms with Crippen molar-refractivity contribution in [3.63, 3.8) is 0 Å². The van der Waals surface area contributed by atoms with Crippen molar-refractivity contribution in [1.82, 2.24) is 19.9 Å². The molecule has 2 saturated heterocycles. The van der Waals surface area contributed by atoms with E-state index in [0.717, 1.165) is 45.2 Å². The van der Waals surface area contributed by atoms with Crippen LogP contribution in [0.4, 0.5) is 5.95 Å². The monoisotopic (exact) mass is 337 g/mol. The quantitative estimate of drug-likeness (QED) is 0.853. The first-order valence-corrected chi connectivity index (χ1v) is 9.21. The van der Waals surface area contributed by atoms with Gasteiger partial charge in [-0.15, -0.1) is 0 Å². The number of ether oxygens (including phenoxy) is 1. The van der Waals surface area contributed by atoms with E-state index in [1.54, 1.807) is 0 Å². The van der Waals surface area contributed by atoms with Gasteiger partial charge in [0.2, 0.25) is 5.95 Å². The molecule has 0 radical (unpaired) electrons. The molecule has 2 aromatic rings. The van der Waals surface area contributed by atoms with E-state index in [1.807, 2.05) is 18.5 Å². The Morgan fingerprint density at radius 2 is 2.08 bits per heavy atom. The minimum absolute atomic E-state index is 0.452. The molecule has 130 valence electrons. The number of pyridine rings is 1. The van der Waals surface area contributed by atoms with Crippen molar-refractivity contribution in [1.29, 1.82) is 0 Å². The van der Waals surface area contributed by atoms with E-state index in [0.29, 0.717) is 12.1 Å². The van der Waals surface area contributed by atoms with Gasteiger partial charge in [-0.2, -0.15) is 0 Å². The molecular weight excluding hydrogens is 314 g/mol. The predicted molar refractivity (Wildman–Crippen MR) is 94.3 cm³/mol. The molecule has 25 heavy (non-hydrogen) atoms. The molecule has 6 nitrogen and oxygen atoms in total. The second kappa shape index (κ2) is 6.35. The van der Waals surface area contributed by atoms with E-state index in [4.69, 9.17) is 14.7 Å². The number of aromatic nitrogens is 3. The molecule has 2 aromatic heterocycles. The van der Waals surface area contributed by atoms with Gasteiger partial charge in [-0.3, -0.25) is 9.88 Å². The van der Waals surface area contributed by atoms with Gasteiger partial charge in [-0.1, -0.05) is 6.07 Å². The number of morpholine rings is 1. The fourth-order valence-corrected chi connectivity index (χ4v) is 4.43. The Morgan fingerprint density at radius 1 is 1.16 bits per heavy atom. The van der Waals surface area contributed by atoms with Crippen molar-refractivity contribution in [2.75, 3.05) is 31.2 Å². The molecule has 2 unspecified atom stereocenters. The van der Waals surface area contributed by atoms with Crippen LogP contribution in [0.5, 0.6) is 0 Å². The lowest BCUT2D eigenvalue weighted by molar-refractivity contribution is 0.122. The summed E-state index contributed by atoms with van der Waals surface area (Å²) in [5.74, 6) is 0.877. The van der Waals surface area contributed by atoms with Crippen LogP contribution in [0.25, 0.3) is 0 Å². The number of nitrogens with zero attached hydrogens (tertiary/aromatic N) is 5. The zero-order valence-corrected chi connectivity index (χ0v) is 14.3. The molecule has 0 amide bonds. The first kappa shape index (κ1) is 15.2. The summed E-state index contributed by atoms with van der Waals surface area (Å²) < 4.78 is 5.44. The van der Waals surface area contributed by atoms with Crippen LogP contribution in [0, 0.1) is 0 Å². The van der Waals surface area contributed by atoms with Gasteiger partial charge in [-0.05, 0) is 24.5 Å². The maximum atomic E-state index is 5.44. The van der Waals surface area contributed by atoms with Gasteiger partial charge in [0.1, 0.15) is 0 Å². The molecule has 3 aliphatic rings. The number of rotatable bonds is 3. The molecule has 2 fully saturated rings. The number of fused-ring (bicyclic) bond motifs is 4. The van der Waals surface area contributed by atoms with Crippen molar-refractivity contribution >= 4 is 5.95 Å². The Kier molecular flexibility index (Phi) is 3.87. The normalized spacial score (nSPS) is 25.8. The molecule has 2 atom stereocenters. The third-order valence-electron chi connectivity index (χ3n) is 5.70. The minimum atomic E-state index is 0.452. The van der Waals surface area contributed by atoms with Crippen LogP contribution >= 0.6 is 0 Å². The van der Waals surface area contributed by atoms with Crippen LogP contribution in [0.1, 0.15) is 35.7 Å². The fourth-order valence-electron chi connectivity index (χ4n) is 4.43. The van der Waals surface area contributed by atoms with Crippen LogP contribution in [0.15, 0.2) is 30.7 Å². The van der Waals surface area contributed by atoms with Crippen molar-refractivity contribution in [2.45, 2.75) is 37.9 Å².